The Labute approximate surface area is 102 Å². The predicted molar refractivity (Wildman–Crippen MR) is 64.7 cm³/mol. The van der Waals surface area contributed by atoms with Gasteiger partial charge in [0.25, 0.3) is 0 Å². The van der Waals surface area contributed by atoms with Gasteiger partial charge in [-0.3, -0.25) is 4.90 Å². The first-order chi connectivity index (χ1) is 7.29. The maximum atomic E-state index is 9.01. The first-order valence-corrected chi connectivity index (χ1v) is 6.54. The fraction of sp³-hybridized carbons (Fsp3) is 0.500. The van der Waals surface area contributed by atoms with Crippen LogP contribution in [-0.4, -0.2) is 30.6 Å². The smallest absolute Gasteiger partial charge is 0.111 e. The van der Waals surface area contributed by atoms with E-state index in [1.807, 2.05) is 0 Å². The molecule has 1 aromatic heterocycles. The third-order valence-corrected chi connectivity index (χ3v) is 4.06. The fourth-order valence-electron chi connectivity index (χ4n) is 1.73. The normalized spacial score (nSPS) is 22.5. The van der Waals surface area contributed by atoms with Crippen LogP contribution in [0.2, 0.25) is 0 Å². The standard InChI is InChI=1S/C10H12BrN3S/c11-10-3-8(7-15-10)6-14-2-1-13-5-9(14)4-12/h3,7,9,13H,1-2,5-6H2. The Morgan fingerprint density at radius 1 is 1.73 bits per heavy atom. The molecule has 1 aromatic rings. The molecule has 0 aliphatic carbocycles. The molecule has 0 amide bonds. The van der Waals surface area contributed by atoms with Crippen molar-refractivity contribution in [1.82, 2.24) is 10.2 Å². The van der Waals surface area contributed by atoms with Crippen molar-refractivity contribution in [3.8, 4) is 6.07 Å². The van der Waals surface area contributed by atoms with E-state index in [4.69, 9.17) is 5.26 Å². The summed E-state index contributed by atoms with van der Waals surface area (Å²) in [5.74, 6) is 0. The number of rotatable bonds is 2. The molecule has 0 saturated carbocycles. The Kier molecular flexibility index (Phi) is 3.76. The van der Waals surface area contributed by atoms with Crippen LogP contribution in [0.4, 0.5) is 0 Å². The zero-order valence-electron chi connectivity index (χ0n) is 8.24. The molecule has 0 bridgehead atoms. The van der Waals surface area contributed by atoms with Gasteiger partial charge in [-0.05, 0) is 32.9 Å². The molecule has 1 saturated heterocycles. The Morgan fingerprint density at radius 2 is 2.60 bits per heavy atom. The van der Waals surface area contributed by atoms with Crippen LogP contribution in [0, 0.1) is 11.3 Å². The van der Waals surface area contributed by atoms with Gasteiger partial charge < -0.3 is 5.32 Å². The van der Waals surface area contributed by atoms with Crippen molar-refractivity contribution in [2.75, 3.05) is 19.6 Å². The van der Waals surface area contributed by atoms with Gasteiger partial charge in [0.1, 0.15) is 6.04 Å². The van der Waals surface area contributed by atoms with Crippen molar-refractivity contribution in [3.63, 3.8) is 0 Å². The van der Waals surface area contributed by atoms with E-state index in [9.17, 15) is 0 Å². The molecular formula is C10H12BrN3S. The first-order valence-electron chi connectivity index (χ1n) is 4.87. The summed E-state index contributed by atoms with van der Waals surface area (Å²) in [5.41, 5.74) is 1.29. The zero-order valence-corrected chi connectivity index (χ0v) is 10.6. The molecule has 5 heteroatoms. The summed E-state index contributed by atoms with van der Waals surface area (Å²) in [6, 6.07) is 4.47. The van der Waals surface area contributed by atoms with E-state index in [1.165, 1.54) is 5.56 Å². The molecule has 15 heavy (non-hydrogen) atoms. The molecule has 0 radical (unpaired) electrons. The molecule has 1 unspecified atom stereocenters. The molecule has 0 spiro atoms. The van der Waals surface area contributed by atoms with Gasteiger partial charge in [-0.1, -0.05) is 0 Å². The van der Waals surface area contributed by atoms with Crippen LogP contribution in [0.3, 0.4) is 0 Å². The molecule has 1 fully saturated rings. The van der Waals surface area contributed by atoms with E-state index < -0.39 is 0 Å². The summed E-state index contributed by atoms with van der Waals surface area (Å²) in [7, 11) is 0. The molecule has 2 rings (SSSR count). The molecule has 3 nitrogen and oxygen atoms in total. The van der Waals surface area contributed by atoms with Crippen molar-refractivity contribution in [2.24, 2.45) is 0 Å². The van der Waals surface area contributed by atoms with Gasteiger partial charge in [0, 0.05) is 26.2 Å². The van der Waals surface area contributed by atoms with Crippen LogP contribution in [0.15, 0.2) is 15.2 Å². The van der Waals surface area contributed by atoms with E-state index in [0.717, 1.165) is 30.0 Å². The van der Waals surface area contributed by atoms with Crippen LogP contribution >= 0.6 is 27.3 Å². The van der Waals surface area contributed by atoms with Crippen molar-refractivity contribution >= 4 is 27.3 Å². The van der Waals surface area contributed by atoms with E-state index in [-0.39, 0.29) is 6.04 Å². The second-order valence-electron chi connectivity index (χ2n) is 3.58. The lowest BCUT2D eigenvalue weighted by Gasteiger charge is -2.31. The van der Waals surface area contributed by atoms with Crippen LogP contribution < -0.4 is 5.32 Å². The molecule has 1 atom stereocenters. The van der Waals surface area contributed by atoms with Crippen molar-refractivity contribution in [2.45, 2.75) is 12.6 Å². The van der Waals surface area contributed by atoms with Gasteiger partial charge in [0.15, 0.2) is 0 Å². The second kappa shape index (κ2) is 5.08. The number of nitriles is 1. The molecule has 1 aliphatic rings. The molecular weight excluding hydrogens is 274 g/mol. The van der Waals surface area contributed by atoms with Crippen molar-refractivity contribution < 1.29 is 0 Å². The van der Waals surface area contributed by atoms with Crippen LogP contribution in [-0.2, 0) is 6.54 Å². The van der Waals surface area contributed by atoms with Crippen molar-refractivity contribution in [1.29, 1.82) is 5.26 Å². The van der Waals surface area contributed by atoms with Crippen LogP contribution in [0.25, 0.3) is 0 Å². The lowest BCUT2D eigenvalue weighted by atomic mass is 10.2. The third kappa shape index (κ3) is 2.79. The van der Waals surface area contributed by atoms with Gasteiger partial charge in [-0.25, -0.2) is 0 Å². The number of halogens is 1. The number of hydrogen-bond acceptors (Lipinski definition) is 4. The molecule has 80 valence electrons. The maximum absolute atomic E-state index is 9.01. The SMILES string of the molecule is N#CC1CNCCN1Cc1csc(Br)c1. The number of hydrogen-bond donors (Lipinski definition) is 1. The summed E-state index contributed by atoms with van der Waals surface area (Å²) < 4.78 is 1.15. The second-order valence-corrected chi connectivity index (χ2v) is 5.87. The number of nitrogens with one attached hydrogen (secondary N) is 1. The van der Waals surface area contributed by atoms with E-state index in [1.54, 1.807) is 11.3 Å². The minimum absolute atomic E-state index is 0.0115. The Bertz CT molecular complexity index is 371. The quantitative estimate of drug-likeness (QED) is 0.901. The molecule has 2 heterocycles. The Balaban J connectivity index is 2.01. The van der Waals surface area contributed by atoms with E-state index in [2.05, 4.69) is 43.7 Å². The van der Waals surface area contributed by atoms with Gasteiger partial charge in [0.2, 0.25) is 0 Å². The average Bonchev–Trinajstić information content (AvgIpc) is 2.65. The van der Waals surface area contributed by atoms with Crippen molar-refractivity contribution in [3.05, 3.63) is 20.8 Å². The van der Waals surface area contributed by atoms with Gasteiger partial charge >= 0.3 is 0 Å². The highest BCUT2D eigenvalue weighted by atomic mass is 79.9. The summed E-state index contributed by atoms with van der Waals surface area (Å²) in [6.45, 7) is 3.58. The largest absolute Gasteiger partial charge is 0.313 e. The fourth-order valence-corrected chi connectivity index (χ4v) is 2.93. The van der Waals surface area contributed by atoms with Gasteiger partial charge in [-0.15, -0.1) is 11.3 Å². The average molecular weight is 286 g/mol. The lowest BCUT2D eigenvalue weighted by molar-refractivity contribution is 0.189. The van der Waals surface area contributed by atoms with E-state index in [0.29, 0.717) is 0 Å². The highest BCUT2D eigenvalue weighted by Crippen LogP contribution is 2.22. The summed E-state index contributed by atoms with van der Waals surface area (Å²) in [4.78, 5) is 2.23. The summed E-state index contributed by atoms with van der Waals surface area (Å²) >= 11 is 5.15. The Morgan fingerprint density at radius 3 is 3.27 bits per heavy atom. The highest BCUT2D eigenvalue weighted by Gasteiger charge is 2.21. The summed E-state index contributed by atoms with van der Waals surface area (Å²) in [5, 5.41) is 14.4. The highest BCUT2D eigenvalue weighted by molar-refractivity contribution is 9.11. The van der Waals surface area contributed by atoms with Crippen LogP contribution in [0.1, 0.15) is 5.56 Å². The van der Waals surface area contributed by atoms with Gasteiger partial charge in [-0.2, -0.15) is 5.26 Å². The maximum Gasteiger partial charge on any atom is 0.111 e. The van der Waals surface area contributed by atoms with E-state index >= 15 is 0 Å². The molecule has 0 aromatic carbocycles. The van der Waals surface area contributed by atoms with Gasteiger partial charge in [0.05, 0.1) is 9.86 Å². The number of nitrogens with zero attached hydrogens (tertiary/aromatic N) is 2. The molecule has 1 aliphatic heterocycles. The lowest BCUT2D eigenvalue weighted by Crippen LogP contribution is -2.49. The number of thiophene rings is 1. The topological polar surface area (TPSA) is 39.1 Å². The zero-order chi connectivity index (χ0) is 10.7. The minimum atomic E-state index is 0.0115. The number of piperazine rings is 1. The Hall–Kier alpha value is -0.410. The third-order valence-electron chi connectivity index (χ3n) is 2.51. The monoisotopic (exact) mass is 285 g/mol. The van der Waals surface area contributed by atoms with Crippen LogP contribution in [0.5, 0.6) is 0 Å². The molecule has 1 N–H and O–H groups in total. The predicted octanol–water partition coefficient (Wildman–Crippen LogP) is 1.81. The summed E-state index contributed by atoms with van der Waals surface area (Å²) in [6.07, 6.45) is 0. The minimum Gasteiger partial charge on any atom is -0.313 e. The first kappa shape index (κ1) is 11.1.